The fraction of sp³-hybridized carbons (Fsp3) is 0.533. The monoisotopic (exact) mass is 389 g/mol. The van der Waals surface area contributed by atoms with Crippen LogP contribution in [0.2, 0.25) is 0 Å². The Labute approximate surface area is 138 Å². The first kappa shape index (κ1) is 17.1. The molecule has 2 N–H and O–H groups in total. The van der Waals surface area contributed by atoms with Crippen LogP contribution in [0.15, 0.2) is 27.6 Å². The number of rotatable bonds is 4. The van der Waals surface area contributed by atoms with Crippen molar-refractivity contribution in [2.24, 2.45) is 4.99 Å². The zero-order valence-electron chi connectivity index (χ0n) is 12.4. The van der Waals surface area contributed by atoms with E-state index in [1.165, 1.54) is 0 Å². The van der Waals surface area contributed by atoms with E-state index >= 15 is 0 Å². The van der Waals surface area contributed by atoms with E-state index in [0.29, 0.717) is 12.6 Å². The zero-order valence-corrected chi connectivity index (χ0v) is 14.7. The molecule has 0 atom stereocenters. The van der Waals surface area contributed by atoms with Gasteiger partial charge in [-0.1, -0.05) is 12.2 Å². The summed E-state index contributed by atoms with van der Waals surface area (Å²) in [7, 11) is 0. The van der Waals surface area contributed by atoms with Crippen molar-refractivity contribution < 1.29 is 4.42 Å². The molecule has 5 heteroatoms. The van der Waals surface area contributed by atoms with Gasteiger partial charge in [-0.2, -0.15) is 0 Å². The molecule has 112 valence electrons. The molecule has 1 aromatic rings. The van der Waals surface area contributed by atoms with Crippen LogP contribution in [0.25, 0.3) is 0 Å². The van der Waals surface area contributed by atoms with Crippen molar-refractivity contribution in [2.75, 3.05) is 6.54 Å². The van der Waals surface area contributed by atoms with Gasteiger partial charge in [-0.15, -0.1) is 24.0 Å². The number of hydrogen-bond acceptors (Lipinski definition) is 2. The number of aliphatic imine (C=N–C) groups is 1. The average molecular weight is 389 g/mol. The molecule has 0 amide bonds. The molecule has 0 unspecified atom stereocenters. The molecule has 0 bridgehead atoms. The van der Waals surface area contributed by atoms with E-state index in [2.05, 4.69) is 40.8 Å². The first-order valence-electron chi connectivity index (χ1n) is 6.94. The molecule has 1 aliphatic rings. The largest absolute Gasteiger partial charge is 0.466 e. The normalized spacial score (nSPS) is 15.2. The van der Waals surface area contributed by atoms with E-state index in [1.807, 2.05) is 13.8 Å². The lowest BCUT2D eigenvalue weighted by atomic mass is 10.2. The molecule has 0 radical (unpaired) electrons. The minimum atomic E-state index is 0. The van der Waals surface area contributed by atoms with Crippen molar-refractivity contribution in [3.8, 4) is 0 Å². The summed E-state index contributed by atoms with van der Waals surface area (Å²) >= 11 is 0. The number of furan rings is 1. The molecule has 0 spiro atoms. The fourth-order valence-corrected chi connectivity index (χ4v) is 2.25. The van der Waals surface area contributed by atoms with E-state index in [0.717, 1.165) is 42.4 Å². The smallest absolute Gasteiger partial charge is 0.191 e. The van der Waals surface area contributed by atoms with E-state index in [4.69, 9.17) is 4.42 Å². The molecule has 0 saturated carbocycles. The first-order chi connectivity index (χ1) is 9.19. The summed E-state index contributed by atoms with van der Waals surface area (Å²) in [4.78, 5) is 4.63. The Morgan fingerprint density at radius 1 is 1.35 bits per heavy atom. The molecule has 1 aliphatic carbocycles. The maximum absolute atomic E-state index is 5.52. The minimum absolute atomic E-state index is 0. The quantitative estimate of drug-likeness (QED) is 0.360. The Morgan fingerprint density at radius 3 is 2.60 bits per heavy atom. The number of nitrogens with one attached hydrogen (secondary N) is 2. The van der Waals surface area contributed by atoms with Crippen LogP contribution in [-0.2, 0) is 6.54 Å². The molecule has 1 aromatic heterocycles. The van der Waals surface area contributed by atoms with Gasteiger partial charge in [0.25, 0.3) is 0 Å². The van der Waals surface area contributed by atoms with E-state index in [-0.39, 0.29) is 24.0 Å². The van der Waals surface area contributed by atoms with Gasteiger partial charge in [0.2, 0.25) is 0 Å². The highest BCUT2D eigenvalue weighted by molar-refractivity contribution is 14.0. The summed E-state index contributed by atoms with van der Waals surface area (Å²) < 4.78 is 5.52. The summed E-state index contributed by atoms with van der Waals surface area (Å²) in [6.07, 6.45) is 6.58. The Bertz CT molecular complexity index is 471. The Balaban J connectivity index is 0.00000200. The molecular formula is C15H24IN3O. The minimum Gasteiger partial charge on any atom is -0.466 e. The fourth-order valence-electron chi connectivity index (χ4n) is 2.25. The number of nitrogens with zero attached hydrogens (tertiary/aromatic N) is 1. The topological polar surface area (TPSA) is 49.6 Å². The van der Waals surface area contributed by atoms with E-state index in [9.17, 15) is 0 Å². The van der Waals surface area contributed by atoms with Crippen LogP contribution in [0.3, 0.4) is 0 Å². The van der Waals surface area contributed by atoms with Gasteiger partial charge in [0.1, 0.15) is 11.5 Å². The lowest BCUT2D eigenvalue weighted by Crippen LogP contribution is -2.42. The summed E-state index contributed by atoms with van der Waals surface area (Å²) in [5.74, 6) is 2.79. The first-order valence-corrected chi connectivity index (χ1v) is 6.94. The number of halogens is 1. The Kier molecular flexibility index (Phi) is 7.12. The highest BCUT2D eigenvalue weighted by Gasteiger charge is 2.11. The van der Waals surface area contributed by atoms with Crippen LogP contribution in [0.4, 0.5) is 0 Å². The van der Waals surface area contributed by atoms with Crippen LogP contribution < -0.4 is 10.6 Å². The van der Waals surface area contributed by atoms with Gasteiger partial charge in [0, 0.05) is 18.2 Å². The van der Waals surface area contributed by atoms with Gasteiger partial charge in [0.05, 0.1) is 6.54 Å². The third-order valence-electron chi connectivity index (χ3n) is 3.24. The Morgan fingerprint density at radius 2 is 2.05 bits per heavy atom. The summed E-state index contributed by atoms with van der Waals surface area (Å²) in [6.45, 7) is 7.55. The SMILES string of the molecule is CCNC(=NCc1cc(C)oc1C)NC1CC=CC1.I. The predicted molar refractivity (Wildman–Crippen MR) is 93.7 cm³/mol. The standard InChI is InChI=1S/C15H23N3O.HI/c1-4-16-15(18-14-7-5-6-8-14)17-10-13-9-11(2)19-12(13)3;/h5-6,9,14H,4,7-8,10H2,1-3H3,(H2,16,17,18);1H. The lowest BCUT2D eigenvalue weighted by molar-refractivity contribution is 0.501. The third-order valence-corrected chi connectivity index (χ3v) is 3.24. The molecule has 1 heterocycles. The van der Waals surface area contributed by atoms with Crippen LogP contribution >= 0.6 is 24.0 Å². The molecule has 20 heavy (non-hydrogen) atoms. The Hall–Kier alpha value is -0.980. The van der Waals surface area contributed by atoms with Crippen LogP contribution in [0.5, 0.6) is 0 Å². The van der Waals surface area contributed by atoms with Crippen molar-refractivity contribution in [2.45, 2.75) is 46.2 Å². The molecular weight excluding hydrogens is 365 g/mol. The van der Waals surface area contributed by atoms with Crippen molar-refractivity contribution in [1.82, 2.24) is 10.6 Å². The van der Waals surface area contributed by atoms with Crippen molar-refractivity contribution in [3.05, 3.63) is 35.3 Å². The zero-order chi connectivity index (χ0) is 13.7. The van der Waals surface area contributed by atoms with Crippen molar-refractivity contribution in [3.63, 3.8) is 0 Å². The molecule has 4 nitrogen and oxygen atoms in total. The molecule has 0 aliphatic heterocycles. The molecule has 0 fully saturated rings. The van der Waals surface area contributed by atoms with Crippen LogP contribution in [-0.4, -0.2) is 18.5 Å². The second-order valence-electron chi connectivity index (χ2n) is 4.92. The molecule has 2 rings (SSSR count). The number of hydrogen-bond donors (Lipinski definition) is 2. The molecule has 0 aromatic carbocycles. The van der Waals surface area contributed by atoms with Gasteiger partial charge < -0.3 is 15.1 Å². The van der Waals surface area contributed by atoms with Crippen molar-refractivity contribution in [1.29, 1.82) is 0 Å². The van der Waals surface area contributed by atoms with E-state index < -0.39 is 0 Å². The van der Waals surface area contributed by atoms with Gasteiger partial charge in [-0.05, 0) is 39.7 Å². The predicted octanol–water partition coefficient (Wildman–Crippen LogP) is 3.29. The highest BCUT2D eigenvalue weighted by atomic mass is 127. The number of guanidine groups is 1. The maximum Gasteiger partial charge on any atom is 0.191 e. The van der Waals surface area contributed by atoms with Gasteiger partial charge in [-0.25, -0.2) is 4.99 Å². The van der Waals surface area contributed by atoms with E-state index in [1.54, 1.807) is 0 Å². The summed E-state index contributed by atoms with van der Waals surface area (Å²) in [5.41, 5.74) is 1.15. The maximum atomic E-state index is 5.52. The highest BCUT2D eigenvalue weighted by Crippen LogP contribution is 2.14. The average Bonchev–Trinajstić information content (AvgIpc) is 2.97. The third kappa shape index (κ3) is 4.85. The van der Waals surface area contributed by atoms with Crippen LogP contribution in [0.1, 0.15) is 36.8 Å². The molecule has 0 saturated heterocycles. The van der Waals surface area contributed by atoms with Crippen molar-refractivity contribution >= 4 is 29.9 Å². The van der Waals surface area contributed by atoms with Gasteiger partial charge >= 0.3 is 0 Å². The van der Waals surface area contributed by atoms with Gasteiger partial charge in [0.15, 0.2) is 5.96 Å². The second kappa shape index (κ2) is 8.34. The van der Waals surface area contributed by atoms with Crippen LogP contribution in [0, 0.1) is 13.8 Å². The summed E-state index contributed by atoms with van der Waals surface area (Å²) in [6, 6.07) is 2.53. The lowest BCUT2D eigenvalue weighted by Gasteiger charge is -2.16. The number of aryl methyl sites for hydroxylation is 2. The second-order valence-corrected chi connectivity index (χ2v) is 4.92. The van der Waals surface area contributed by atoms with Gasteiger partial charge in [-0.3, -0.25) is 0 Å². The summed E-state index contributed by atoms with van der Waals surface area (Å²) in [5, 5.41) is 6.75.